The van der Waals surface area contributed by atoms with Gasteiger partial charge in [0, 0.05) is 7.11 Å². The summed E-state index contributed by atoms with van der Waals surface area (Å²) in [5.41, 5.74) is 0. The van der Waals surface area contributed by atoms with Gasteiger partial charge < -0.3 is 9.47 Å². The van der Waals surface area contributed by atoms with E-state index < -0.39 is 0 Å². The van der Waals surface area contributed by atoms with E-state index in [1.54, 1.807) is 7.11 Å². The molecule has 1 aliphatic heterocycles. The van der Waals surface area contributed by atoms with E-state index in [-0.39, 0.29) is 18.3 Å². The first-order valence-electron chi connectivity index (χ1n) is 4.69. The maximum absolute atomic E-state index is 11.0. The number of ether oxygens (including phenoxy) is 2. The van der Waals surface area contributed by atoms with Gasteiger partial charge in [-0.1, -0.05) is 13.8 Å². The molecule has 0 radical (unpaired) electrons. The van der Waals surface area contributed by atoms with Crippen molar-refractivity contribution < 1.29 is 14.3 Å². The first kappa shape index (κ1) is 10.5. The van der Waals surface area contributed by atoms with Crippen molar-refractivity contribution in [3.05, 3.63) is 0 Å². The van der Waals surface area contributed by atoms with Gasteiger partial charge in [0.05, 0.1) is 12.5 Å². The first-order valence-corrected chi connectivity index (χ1v) is 4.69. The molecule has 13 heavy (non-hydrogen) atoms. The Morgan fingerprint density at radius 2 is 2.15 bits per heavy atom. The maximum Gasteiger partial charge on any atom is 0.309 e. The number of carbonyl (C=O) groups excluding carboxylic acids is 1. The van der Waals surface area contributed by atoms with Crippen LogP contribution in [0.4, 0.5) is 0 Å². The minimum atomic E-state index is -0.382. The molecule has 2 atom stereocenters. The highest BCUT2D eigenvalue weighted by Gasteiger charge is 2.37. The first-order chi connectivity index (χ1) is 6.22. The summed E-state index contributed by atoms with van der Waals surface area (Å²) in [5.74, 6) is -0.163. The van der Waals surface area contributed by atoms with Crippen molar-refractivity contribution in [2.24, 2.45) is 0 Å². The second-order valence-corrected chi connectivity index (χ2v) is 3.09. The average molecular weight is 187 g/mol. The van der Waals surface area contributed by atoms with Crippen molar-refractivity contribution in [2.45, 2.75) is 32.6 Å². The van der Waals surface area contributed by atoms with Gasteiger partial charge in [0.1, 0.15) is 0 Å². The minimum absolute atomic E-state index is 0.0903. The summed E-state index contributed by atoms with van der Waals surface area (Å²) in [6.45, 7) is 5.97. The largest absolute Gasteiger partial charge is 0.434 e. The van der Waals surface area contributed by atoms with Crippen LogP contribution in [0.15, 0.2) is 0 Å². The van der Waals surface area contributed by atoms with E-state index in [2.05, 4.69) is 18.7 Å². The number of methoxy groups -OCH3 is 1. The molecule has 4 nitrogen and oxygen atoms in total. The Balaban J connectivity index is 2.60. The fraction of sp³-hybridized carbons (Fsp3) is 0.889. The van der Waals surface area contributed by atoms with E-state index in [1.165, 1.54) is 0 Å². The lowest BCUT2D eigenvalue weighted by atomic mass is 10.2. The van der Waals surface area contributed by atoms with Gasteiger partial charge in [-0.2, -0.15) is 0 Å². The van der Waals surface area contributed by atoms with Crippen molar-refractivity contribution in [1.29, 1.82) is 0 Å². The Morgan fingerprint density at radius 3 is 2.62 bits per heavy atom. The Morgan fingerprint density at radius 1 is 1.54 bits per heavy atom. The SMILES string of the molecule is CCN(CC)[C@@H]1CC(=O)O[C@H]1OC. The quantitative estimate of drug-likeness (QED) is 0.605. The number of hydrogen-bond acceptors (Lipinski definition) is 4. The summed E-state index contributed by atoms with van der Waals surface area (Å²) in [6.07, 6.45) is 0.0626. The number of carbonyl (C=O) groups is 1. The highest BCUT2D eigenvalue weighted by Crippen LogP contribution is 2.20. The molecule has 0 aliphatic carbocycles. The van der Waals surface area contributed by atoms with Crippen LogP contribution in [0.2, 0.25) is 0 Å². The van der Waals surface area contributed by atoms with E-state index in [9.17, 15) is 4.79 Å². The van der Waals surface area contributed by atoms with Crippen LogP contribution in [0.5, 0.6) is 0 Å². The van der Waals surface area contributed by atoms with Gasteiger partial charge in [0.2, 0.25) is 6.29 Å². The number of nitrogens with zero attached hydrogens (tertiary/aromatic N) is 1. The summed E-state index contributed by atoms with van der Waals surface area (Å²) in [4.78, 5) is 13.2. The van der Waals surface area contributed by atoms with Crippen molar-refractivity contribution in [2.75, 3.05) is 20.2 Å². The van der Waals surface area contributed by atoms with Crippen LogP contribution in [-0.2, 0) is 14.3 Å². The molecule has 0 aromatic rings. The lowest BCUT2D eigenvalue weighted by Gasteiger charge is -2.27. The molecular formula is C9H17NO3. The van der Waals surface area contributed by atoms with E-state index in [0.717, 1.165) is 13.1 Å². The Kier molecular flexibility index (Phi) is 3.69. The zero-order valence-electron chi connectivity index (χ0n) is 8.45. The molecular weight excluding hydrogens is 170 g/mol. The molecule has 0 spiro atoms. The monoisotopic (exact) mass is 187 g/mol. The van der Waals surface area contributed by atoms with Gasteiger partial charge >= 0.3 is 5.97 Å². The highest BCUT2D eigenvalue weighted by atomic mass is 16.7. The van der Waals surface area contributed by atoms with Gasteiger partial charge in [-0.3, -0.25) is 9.69 Å². The van der Waals surface area contributed by atoms with E-state index in [1.807, 2.05) is 0 Å². The lowest BCUT2D eigenvalue weighted by molar-refractivity contribution is -0.162. The average Bonchev–Trinajstić information content (AvgIpc) is 2.49. The van der Waals surface area contributed by atoms with Gasteiger partial charge in [-0.15, -0.1) is 0 Å². The van der Waals surface area contributed by atoms with E-state index in [4.69, 9.17) is 9.47 Å². The number of esters is 1. The predicted octanol–water partition coefficient (Wildman–Crippen LogP) is 0.616. The number of cyclic esters (lactones) is 1. The van der Waals surface area contributed by atoms with Crippen molar-refractivity contribution >= 4 is 5.97 Å². The minimum Gasteiger partial charge on any atom is -0.434 e. The lowest BCUT2D eigenvalue weighted by Crippen LogP contribution is -2.41. The zero-order valence-corrected chi connectivity index (χ0v) is 8.45. The Labute approximate surface area is 78.8 Å². The molecule has 76 valence electrons. The maximum atomic E-state index is 11.0. The molecule has 1 rings (SSSR count). The summed E-state index contributed by atoms with van der Waals surface area (Å²) >= 11 is 0. The van der Waals surface area contributed by atoms with Crippen LogP contribution in [0.1, 0.15) is 20.3 Å². The second kappa shape index (κ2) is 4.58. The zero-order chi connectivity index (χ0) is 9.84. The molecule has 0 N–H and O–H groups in total. The number of likely N-dealkylation sites (N-methyl/N-ethyl adjacent to an activating group) is 1. The summed E-state index contributed by atoms with van der Waals surface area (Å²) in [5, 5.41) is 0. The third kappa shape index (κ3) is 2.19. The molecule has 0 amide bonds. The van der Waals surface area contributed by atoms with Crippen LogP contribution < -0.4 is 0 Å². The fourth-order valence-electron chi connectivity index (χ4n) is 1.72. The molecule has 0 aromatic carbocycles. The number of hydrogen-bond donors (Lipinski definition) is 0. The summed E-state index contributed by atoms with van der Waals surface area (Å²) < 4.78 is 10.1. The van der Waals surface area contributed by atoms with E-state index in [0.29, 0.717) is 6.42 Å². The molecule has 0 unspecified atom stereocenters. The van der Waals surface area contributed by atoms with Gasteiger partial charge in [0.15, 0.2) is 0 Å². The van der Waals surface area contributed by atoms with Crippen molar-refractivity contribution in [1.82, 2.24) is 4.90 Å². The molecule has 1 aliphatic rings. The third-order valence-corrected chi connectivity index (χ3v) is 2.45. The summed E-state index contributed by atoms with van der Waals surface area (Å²) in [7, 11) is 1.57. The number of rotatable bonds is 4. The Bertz CT molecular complexity index is 180. The van der Waals surface area contributed by atoms with Gasteiger partial charge in [-0.05, 0) is 13.1 Å². The van der Waals surface area contributed by atoms with Gasteiger partial charge in [0.25, 0.3) is 0 Å². The van der Waals surface area contributed by atoms with Crippen LogP contribution >= 0.6 is 0 Å². The van der Waals surface area contributed by atoms with Crippen LogP contribution in [0, 0.1) is 0 Å². The smallest absolute Gasteiger partial charge is 0.309 e. The van der Waals surface area contributed by atoms with Crippen molar-refractivity contribution in [3.63, 3.8) is 0 Å². The molecule has 4 heteroatoms. The normalized spacial score (nSPS) is 28.2. The van der Waals surface area contributed by atoms with Crippen molar-refractivity contribution in [3.8, 4) is 0 Å². The summed E-state index contributed by atoms with van der Waals surface area (Å²) in [6, 6.07) is 0.0903. The van der Waals surface area contributed by atoms with Crippen LogP contribution in [0.25, 0.3) is 0 Å². The Hall–Kier alpha value is -0.610. The molecule has 1 fully saturated rings. The molecule has 1 heterocycles. The topological polar surface area (TPSA) is 38.8 Å². The van der Waals surface area contributed by atoms with Crippen LogP contribution in [0.3, 0.4) is 0 Å². The highest BCUT2D eigenvalue weighted by molar-refractivity contribution is 5.72. The standard InChI is InChI=1S/C9H17NO3/c1-4-10(5-2)7-6-8(11)13-9(7)12-3/h7,9H,4-6H2,1-3H3/t7-,9-/m1/s1. The molecule has 0 bridgehead atoms. The molecule has 0 saturated carbocycles. The fourth-order valence-corrected chi connectivity index (χ4v) is 1.72. The van der Waals surface area contributed by atoms with Crippen LogP contribution in [-0.4, -0.2) is 43.4 Å². The molecule has 0 aromatic heterocycles. The predicted molar refractivity (Wildman–Crippen MR) is 48.2 cm³/mol. The third-order valence-electron chi connectivity index (χ3n) is 2.45. The molecule has 1 saturated heterocycles. The van der Waals surface area contributed by atoms with Gasteiger partial charge in [-0.25, -0.2) is 0 Å². The van der Waals surface area contributed by atoms with E-state index >= 15 is 0 Å². The second-order valence-electron chi connectivity index (χ2n) is 3.09.